The van der Waals surface area contributed by atoms with Crippen LogP contribution in [0.4, 0.5) is 0 Å². The zero-order chi connectivity index (χ0) is 12.7. The summed E-state index contributed by atoms with van der Waals surface area (Å²) in [5, 5.41) is 0. The summed E-state index contributed by atoms with van der Waals surface area (Å²) < 4.78 is 5.65. The van der Waals surface area contributed by atoms with E-state index in [1.807, 2.05) is 0 Å². The lowest BCUT2D eigenvalue weighted by atomic mass is 9.84. The van der Waals surface area contributed by atoms with Crippen LogP contribution in [0.1, 0.15) is 72.1 Å². The van der Waals surface area contributed by atoms with E-state index < -0.39 is 0 Å². The summed E-state index contributed by atoms with van der Waals surface area (Å²) in [7, 11) is 0. The van der Waals surface area contributed by atoms with Crippen molar-refractivity contribution in [2.75, 3.05) is 6.61 Å². The van der Waals surface area contributed by atoms with Gasteiger partial charge in [-0.2, -0.15) is 0 Å². The molecule has 1 aliphatic rings. The predicted octanol–water partition coefficient (Wildman–Crippen LogP) is 4.12. The first-order chi connectivity index (χ1) is 8.05. The van der Waals surface area contributed by atoms with Gasteiger partial charge < -0.3 is 4.74 Å². The second-order valence-corrected chi connectivity index (χ2v) is 5.93. The Morgan fingerprint density at radius 2 is 1.94 bits per heavy atom. The second-order valence-electron chi connectivity index (χ2n) is 5.93. The normalized spacial score (nSPS) is 23.6. The maximum Gasteiger partial charge on any atom is 0.136 e. The zero-order valence-corrected chi connectivity index (χ0v) is 11.8. The Bertz CT molecular complexity index is 233. The van der Waals surface area contributed by atoms with Gasteiger partial charge in [0.15, 0.2) is 0 Å². The van der Waals surface area contributed by atoms with Gasteiger partial charge in [0.05, 0.1) is 5.60 Å². The maximum absolute atomic E-state index is 12.1. The topological polar surface area (TPSA) is 26.3 Å². The van der Waals surface area contributed by atoms with Gasteiger partial charge in [-0.25, -0.2) is 0 Å². The van der Waals surface area contributed by atoms with Gasteiger partial charge in [0.2, 0.25) is 0 Å². The number of ether oxygens (including phenoxy) is 1. The molecule has 17 heavy (non-hydrogen) atoms. The molecule has 1 fully saturated rings. The quantitative estimate of drug-likeness (QED) is 0.626. The van der Waals surface area contributed by atoms with E-state index in [-0.39, 0.29) is 11.5 Å². The molecular formula is C15H28O2. The van der Waals surface area contributed by atoms with Crippen LogP contribution < -0.4 is 0 Å². The molecule has 1 atom stereocenters. The van der Waals surface area contributed by atoms with Crippen LogP contribution in [0.25, 0.3) is 0 Å². The number of Topliss-reactive ketones (excluding diaryl/α,β-unsaturated/α-hetero) is 1. The molecule has 0 aliphatic carbocycles. The molecular weight excluding hydrogens is 212 g/mol. The van der Waals surface area contributed by atoms with Gasteiger partial charge in [0.1, 0.15) is 5.78 Å². The van der Waals surface area contributed by atoms with Gasteiger partial charge in [0, 0.05) is 18.9 Å². The summed E-state index contributed by atoms with van der Waals surface area (Å²) >= 11 is 0. The molecule has 0 spiro atoms. The van der Waals surface area contributed by atoms with Crippen molar-refractivity contribution >= 4 is 5.78 Å². The number of hydrogen-bond donors (Lipinski definition) is 0. The molecule has 100 valence electrons. The highest BCUT2D eigenvalue weighted by molar-refractivity contribution is 5.81. The third-order valence-corrected chi connectivity index (χ3v) is 3.68. The molecule has 0 saturated carbocycles. The van der Waals surface area contributed by atoms with Gasteiger partial charge in [-0.05, 0) is 33.1 Å². The van der Waals surface area contributed by atoms with Crippen LogP contribution in [0.2, 0.25) is 0 Å². The monoisotopic (exact) mass is 240 g/mol. The Hall–Kier alpha value is -0.370. The van der Waals surface area contributed by atoms with Crippen molar-refractivity contribution in [2.45, 2.75) is 77.7 Å². The zero-order valence-electron chi connectivity index (χ0n) is 11.8. The molecule has 1 heterocycles. The molecule has 0 N–H and O–H groups in total. The summed E-state index contributed by atoms with van der Waals surface area (Å²) in [6, 6.07) is 0. The second kappa shape index (κ2) is 7.15. The highest BCUT2D eigenvalue weighted by Gasteiger charge is 2.32. The molecule has 0 aromatic carbocycles. The minimum atomic E-state index is -0.0964. The predicted molar refractivity (Wildman–Crippen MR) is 71.1 cm³/mol. The maximum atomic E-state index is 12.1. The third-order valence-electron chi connectivity index (χ3n) is 3.68. The number of unbranched alkanes of at least 4 members (excludes halogenated alkanes) is 4. The van der Waals surface area contributed by atoms with E-state index in [0.717, 1.165) is 32.3 Å². The molecule has 0 radical (unpaired) electrons. The smallest absolute Gasteiger partial charge is 0.136 e. The summed E-state index contributed by atoms with van der Waals surface area (Å²) in [4.78, 5) is 12.1. The first-order valence-corrected chi connectivity index (χ1v) is 7.22. The van der Waals surface area contributed by atoms with Crippen LogP contribution in [-0.4, -0.2) is 18.0 Å². The molecule has 2 heteroatoms. The SMILES string of the molecule is CCCCCCCC(=O)[C@@H]1CCOC(C)(C)C1. The van der Waals surface area contributed by atoms with Crippen LogP contribution in [0.3, 0.4) is 0 Å². The Balaban J connectivity index is 2.18. The van der Waals surface area contributed by atoms with Crippen molar-refractivity contribution in [3.8, 4) is 0 Å². The first-order valence-electron chi connectivity index (χ1n) is 7.22. The van der Waals surface area contributed by atoms with Crippen LogP contribution in [0, 0.1) is 5.92 Å². The first kappa shape index (κ1) is 14.7. The average molecular weight is 240 g/mol. The Morgan fingerprint density at radius 1 is 1.24 bits per heavy atom. The van der Waals surface area contributed by atoms with E-state index in [0.29, 0.717) is 5.78 Å². The molecule has 0 amide bonds. The van der Waals surface area contributed by atoms with E-state index >= 15 is 0 Å². The number of rotatable bonds is 7. The minimum absolute atomic E-state index is 0.0964. The largest absolute Gasteiger partial charge is 0.376 e. The van der Waals surface area contributed by atoms with E-state index in [2.05, 4.69) is 20.8 Å². The van der Waals surface area contributed by atoms with Crippen molar-refractivity contribution in [3.63, 3.8) is 0 Å². The fraction of sp³-hybridized carbons (Fsp3) is 0.933. The van der Waals surface area contributed by atoms with Crippen molar-refractivity contribution < 1.29 is 9.53 Å². The number of ketones is 1. The third kappa shape index (κ3) is 5.67. The molecule has 0 bridgehead atoms. The lowest BCUT2D eigenvalue weighted by molar-refractivity contribution is -0.133. The summed E-state index contributed by atoms with van der Waals surface area (Å²) in [6.07, 6.45) is 8.76. The molecule has 1 saturated heterocycles. The molecule has 0 aromatic rings. The molecule has 2 nitrogen and oxygen atoms in total. The Morgan fingerprint density at radius 3 is 2.59 bits per heavy atom. The summed E-state index contributed by atoms with van der Waals surface area (Å²) in [5.74, 6) is 0.725. The van der Waals surface area contributed by atoms with Crippen molar-refractivity contribution in [2.24, 2.45) is 5.92 Å². The van der Waals surface area contributed by atoms with Gasteiger partial charge >= 0.3 is 0 Å². The average Bonchev–Trinajstić information content (AvgIpc) is 2.27. The molecule has 0 unspecified atom stereocenters. The standard InChI is InChI=1S/C15H28O2/c1-4-5-6-7-8-9-14(16)13-10-11-17-15(2,3)12-13/h13H,4-12H2,1-3H3/t13-/m1/s1. The van der Waals surface area contributed by atoms with Crippen LogP contribution in [0.15, 0.2) is 0 Å². The van der Waals surface area contributed by atoms with E-state index in [4.69, 9.17) is 4.74 Å². The highest BCUT2D eigenvalue weighted by Crippen LogP contribution is 2.30. The molecule has 1 rings (SSSR count). The number of carbonyl (C=O) groups is 1. The number of carbonyl (C=O) groups excluding carboxylic acids is 1. The summed E-state index contributed by atoms with van der Waals surface area (Å²) in [6.45, 7) is 7.15. The fourth-order valence-electron chi connectivity index (χ4n) is 2.61. The van der Waals surface area contributed by atoms with Gasteiger partial charge in [-0.1, -0.05) is 32.6 Å². The van der Waals surface area contributed by atoms with E-state index in [9.17, 15) is 4.79 Å². The Kier molecular flexibility index (Phi) is 6.18. The van der Waals surface area contributed by atoms with Gasteiger partial charge in [0.25, 0.3) is 0 Å². The van der Waals surface area contributed by atoms with Crippen molar-refractivity contribution in [1.29, 1.82) is 0 Å². The van der Waals surface area contributed by atoms with E-state index in [1.165, 1.54) is 25.7 Å². The van der Waals surface area contributed by atoms with Crippen molar-refractivity contribution in [1.82, 2.24) is 0 Å². The van der Waals surface area contributed by atoms with Crippen LogP contribution in [0.5, 0.6) is 0 Å². The highest BCUT2D eigenvalue weighted by atomic mass is 16.5. The van der Waals surface area contributed by atoms with Crippen molar-refractivity contribution in [3.05, 3.63) is 0 Å². The molecule has 1 aliphatic heterocycles. The number of hydrogen-bond acceptors (Lipinski definition) is 2. The fourth-order valence-corrected chi connectivity index (χ4v) is 2.61. The van der Waals surface area contributed by atoms with Crippen LogP contribution >= 0.6 is 0 Å². The lowest BCUT2D eigenvalue weighted by Gasteiger charge is -2.34. The minimum Gasteiger partial charge on any atom is -0.376 e. The summed E-state index contributed by atoms with van der Waals surface area (Å²) in [5.41, 5.74) is -0.0964. The van der Waals surface area contributed by atoms with Gasteiger partial charge in [-0.15, -0.1) is 0 Å². The van der Waals surface area contributed by atoms with Crippen LogP contribution in [-0.2, 0) is 9.53 Å². The van der Waals surface area contributed by atoms with Gasteiger partial charge in [-0.3, -0.25) is 4.79 Å². The van der Waals surface area contributed by atoms with E-state index in [1.54, 1.807) is 0 Å². The lowest BCUT2D eigenvalue weighted by Crippen LogP contribution is -2.37. The molecule has 0 aromatic heterocycles. The Labute approximate surface area is 106 Å².